The molecule has 0 bridgehead atoms. The van der Waals surface area contributed by atoms with Gasteiger partial charge in [-0.25, -0.2) is 0 Å². The van der Waals surface area contributed by atoms with Crippen LogP contribution in [-0.4, -0.2) is 50.2 Å². The van der Waals surface area contributed by atoms with Gasteiger partial charge in [0.15, 0.2) is 11.5 Å². The molecule has 0 unspecified atom stereocenters. The van der Waals surface area contributed by atoms with Crippen LogP contribution in [-0.2, 0) is 4.79 Å². The highest BCUT2D eigenvalue weighted by Gasteiger charge is 2.22. The first-order chi connectivity index (χ1) is 12.2. The summed E-state index contributed by atoms with van der Waals surface area (Å²) in [4.78, 5) is 14.3. The third-order valence-corrected chi connectivity index (χ3v) is 4.59. The van der Waals surface area contributed by atoms with Crippen LogP contribution in [0.3, 0.4) is 0 Å². The van der Waals surface area contributed by atoms with Gasteiger partial charge in [0, 0.05) is 19.5 Å². The summed E-state index contributed by atoms with van der Waals surface area (Å²) >= 11 is 0. The van der Waals surface area contributed by atoms with Crippen molar-refractivity contribution in [3.05, 3.63) is 24.3 Å². The summed E-state index contributed by atoms with van der Waals surface area (Å²) in [6, 6.07) is 7.67. The number of carbonyl (C=O) groups is 1. The molecule has 2 rings (SSSR count). The van der Waals surface area contributed by atoms with Crippen molar-refractivity contribution in [3.63, 3.8) is 0 Å². The van der Waals surface area contributed by atoms with E-state index in [1.165, 1.54) is 0 Å². The highest BCUT2D eigenvalue weighted by atomic mass is 35.5. The number of para-hydroxylation sites is 2. The fourth-order valence-electron chi connectivity index (χ4n) is 3.14. The Balaban J connectivity index is 0.00000338. The molecule has 0 aliphatic carbocycles. The lowest BCUT2D eigenvalue weighted by atomic mass is 9.96. The highest BCUT2D eigenvalue weighted by Crippen LogP contribution is 2.26. The van der Waals surface area contributed by atoms with Crippen molar-refractivity contribution < 1.29 is 14.3 Å². The summed E-state index contributed by atoms with van der Waals surface area (Å²) in [7, 11) is 0. The Labute approximate surface area is 163 Å². The monoisotopic (exact) mass is 384 g/mol. The average Bonchev–Trinajstić information content (AvgIpc) is 2.65. The number of hydrogen-bond acceptors (Lipinski definition) is 4. The first-order valence-corrected chi connectivity index (χ1v) is 9.57. The van der Waals surface area contributed by atoms with E-state index in [2.05, 4.69) is 12.2 Å². The SMILES string of the molecule is CCNCC1CCN(C(=O)CCCOc2ccccc2OCC)CC1.Cl. The molecule has 0 atom stereocenters. The second-order valence-corrected chi connectivity index (χ2v) is 6.46. The van der Waals surface area contributed by atoms with Crippen molar-refractivity contribution in [1.29, 1.82) is 0 Å². The fraction of sp³-hybridized carbons (Fsp3) is 0.650. The molecular formula is C20H33ClN2O3. The summed E-state index contributed by atoms with van der Waals surface area (Å²) in [6.07, 6.45) is 3.50. The number of rotatable bonds is 10. The van der Waals surface area contributed by atoms with E-state index in [1.54, 1.807) is 0 Å². The molecule has 1 aliphatic heterocycles. The summed E-state index contributed by atoms with van der Waals surface area (Å²) in [5.41, 5.74) is 0. The second kappa shape index (κ2) is 12.8. The standard InChI is InChI=1S/C20H32N2O3.ClH/c1-3-21-16-17-11-13-22(14-12-17)20(23)10-7-15-25-19-9-6-5-8-18(19)24-4-2;/h5-6,8-9,17,21H,3-4,7,10-16H2,1-2H3;1H. The van der Waals surface area contributed by atoms with Crippen LogP contribution in [0.4, 0.5) is 0 Å². The van der Waals surface area contributed by atoms with Crippen LogP contribution in [0.5, 0.6) is 11.5 Å². The molecule has 1 amide bonds. The van der Waals surface area contributed by atoms with Crippen molar-refractivity contribution in [2.45, 2.75) is 39.5 Å². The van der Waals surface area contributed by atoms with Gasteiger partial charge in [-0.15, -0.1) is 12.4 Å². The molecule has 1 N–H and O–H groups in total. The number of halogens is 1. The van der Waals surface area contributed by atoms with Gasteiger partial charge in [0.05, 0.1) is 13.2 Å². The molecular weight excluding hydrogens is 352 g/mol. The number of hydrogen-bond donors (Lipinski definition) is 1. The van der Waals surface area contributed by atoms with Gasteiger partial charge < -0.3 is 19.7 Å². The number of nitrogens with one attached hydrogen (secondary N) is 1. The maximum absolute atomic E-state index is 12.3. The van der Waals surface area contributed by atoms with Gasteiger partial charge >= 0.3 is 0 Å². The topological polar surface area (TPSA) is 50.8 Å². The van der Waals surface area contributed by atoms with Gasteiger partial charge in [0.2, 0.25) is 5.91 Å². The molecule has 26 heavy (non-hydrogen) atoms. The lowest BCUT2D eigenvalue weighted by molar-refractivity contribution is -0.132. The highest BCUT2D eigenvalue weighted by molar-refractivity contribution is 5.85. The van der Waals surface area contributed by atoms with Crippen molar-refractivity contribution in [2.75, 3.05) is 39.4 Å². The number of nitrogens with zero attached hydrogens (tertiary/aromatic N) is 1. The number of carbonyl (C=O) groups excluding carboxylic acids is 1. The maximum atomic E-state index is 12.3. The zero-order valence-electron chi connectivity index (χ0n) is 16.0. The Kier molecular flexibility index (Phi) is 11.1. The van der Waals surface area contributed by atoms with Gasteiger partial charge in [-0.2, -0.15) is 0 Å². The van der Waals surface area contributed by atoms with Crippen molar-refractivity contribution in [2.24, 2.45) is 5.92 Å². The minimum Gasteiger partial charge on any atom is -0.490 e. The minimum absolute atomic E-state index is 0. The largest absolute Gasteiger partial charge is 0.490 e. The third kappa shape index (κ3) is 7.42. The zero-order valence-corrected chi connectivity index (χ0v) is 16.9. The van der Waals surface area contributed by atoms with Crippen molar-refractivity contribution in [3.8, 4) is 11.5 Å². The Bertz CT molecular complexity index is 520. The van der Waals surface area contributed by atoms with Crippen LogP contribution < -0.4 is 14.8 Å². The molecule has 1 aromatic carbocycles. The van der Waals surface area contributed by atoms with Gasteiger partial charge in [-0.3, -0.25) is 4.79 Å². The molecule has 0 saturated carbocycles. The molecule has 1 saturated heterocycles. The predicted octanol–water partition coefficient (Wildman–Crippen LogP) is 3.51. The van der Waals surface area contributed by atoms with E-state index in [0.717, 1.165) is 56.9 Å². The summed E-state index contributed by atoms with van der Waals surface area (Å²) in [6.45, 7) is 9.11. The van der Waals surface area contributed by atoms with Gasteiger partial charge in [0.1, 0.15) is 0 Å². The van der Waals surface area contributed by atoms with Crippen LogP contribution in [0.25, 0.3) is 0 Å². The molecule has 0 aromatic heterocycles. The number of amides is 1. The van der Waals surface area contributed by atoms with Gasteiger partial charge in [-0.05, 0) is 57.3 Å². The number of likely N-dealkylation sites (tertiary alicyclic amines) is 1. The molecule has 6 heteroatoms. The molecule has 1 aliphatic rings. The lowest BCUT2D eigenvalue weighted by Gasteiger charge is -2.32. The normalized spacial score (nSPS) is 14.6. The van der Waals surface area contributed by atoms with Gasteiger partial charge in [-0.1, -0.05) is 19.1 Å². The van der Waals surface area contributed by atoms with Crippen LogP contribution in [0, 0.1) is 5.92 Å². The molecule has 1 fully saturated rings. The Morgan fingerprint density at radius 2 is 1.81 bits per heavy atom. The molecule has 1 aromatic rings. The molecule has 5 nitrogen and oxygen atoms in total. The second-order valence-electron chi connectivity index (χ2n) is 6.46. The summed E-state index contributed by atoms with van der Waals surface area (Å²) in [5.74, 6) is 2.48. The van der Waals surface area contributed by atoms with Crippen LogP contribution in [0.2, 0.25) is 0 Å². The van der Waals surface area contributed by atoms with E-state index in [9.17, 15) is 4.79 Å². The Morgan fingerprint density at radius 1 is 1.15 bits per heavy atom. The zero-order chi connectivity index (χ0) is 17.9. The average molecular weight is 385 g/mol. The first kappa shape index (κ1) is 22.6. The maximum Gasteiger partial charge on any atom is 0.222 e. The smallest absolute Gasteiger partial charge is 0.222 e. The molecule has 0 radical (unpaired) electrons. The molecule has 0 spiro atoms. The van der Waals surface area contributed by atoms with Crippen LogP contribution in [0.15, 0.2) is 24.3 Å². The Morgan fingerprint density at radius 3 is 2.42 bits per heavy atom. The van der Waals surface area contributed by atoms with E-state index in [-0.39, 0.29) is 18.3 Å². The molecule has 1 heterocycles. The minimum atomic E-state index is 0. The lowest BCUT2D eigenvalue weighted by Crippen LogP contribution is -2.40. The summed E-state index contributed by atoms with van der Waals surface area (Å²) < 4.78 is 11.3. The molecule has 148 valence electrons. The van der Waals surface area contributed by atoms with Crippen LogP contribution in [0.1, 0.15) is 39.5 Å². The van der Waals surface area contributed by atoms with Crippen molar-refractivity contribution in [1.82, 2.24) is 10.2 Å². The first-order valence-electron chi connectivity index (χ1n) is 9.57. The number of piperidine rings is 1. The van der Waals surface area contributed by atoms with E-state index in [0.29, 0.717) is 25.6 Å². The van der Waals surface area contributed by atoms with Gasteiger partial charge in [0.25, 0.3) is 0 Å². The quantitative estimate of drug-likeness (QED) is 0.627. The van der Waals surface area contributed by atoms with Crippen LogP contribution >= 0.6 is 12.4 Å². The van der Waals surface area contributed by atoms with E-state index in [1.807, 2.05) is 36.1 Å². The van der Waals surface area contributed by atoms with E-state index < -0.39 is 0 Å². The Hall–Kier alpha value is -1.46. The number of benzene rings is 1. The predicted molar refractivity (Wildman–Crippen MR) is 107 cm³/mol. The third-order valence-electron chi connectivity index (χ3n) is 4.59. The van der Waals surface area contributed by atoms with E-state index >= 15 is 0 Å². The van der Waals surface area contributed by atoms with Crippen molar-refractivity contribution >= 4 is 18.3 Å². The number of ether oxygens (including phenoxy) is 2. The fourth-order valence-corrected chi connectivity index (χ4v) is 3.14. The summed E-state index contributed by atoms with van der Waals surface area (Å²) in [5, 5.41) is 3.40. The van der Waals surface area contributed by atoms with E-state index in [4.69, 9.17) is 9.47 Å².